The number of benzene rings is 2. The zero-order chi connectivity index (χ0) is 20.7. The van der Waals surface area contributed by atoms with Crippen LogP contribution in [0.1, 0.15) is 42.1 Å². The summed E-state index contributed by atoms with van der Waals surface area (Å²) in [5.74, 6) is -0.265. The maximum Gasteiger partial charge on any atom is 0.255 e. The first kappa shape index (κ1) is 21.5. The van der Waals surface area contributed by atoms with Crippen LogP contribution in [-0.4, -0.2) is 44.9 Å². The maximum absolute atomic E-state index is 12.7. The van der Waals surface area contributed by atoms with Gasteiger partial charge in [-0.3, -0.25) is 4.79 Å². The molecule has 0 spiro atoms. The standard InChI is InChI=1S/C22H28N2O4S/c1-2-3-4-5-18-6-10-20(11-7-18)23-22(25)19-8-12-21(13-9-19)29(26,27)24-14-16-28-17-15-24/h6-13H,2-5,14-17H2,1H3,(H,23,25). The number of rotatable bonds is 8. The lowest BCUT2D eigenvalue weighted by molar-refractivity contribution is 0.0730. The van der Waals surface area contributed by atoms with Crippen LogP contribution in [0, 0.1) is 0 Å². The highest BCUT2D eigenvalue weighted by Gasteiger charge is 2.26. The molecule has 1 aliphatic rings. The second-order valence-electron chi connectivity index (χ2n) is 7.15. The summed E-state index contributed by atoms with van der Waals surface area (Å²) in [5, 5.41) is 2.86. The van der Waals surface area contributed by atoms with Crippen molar-refractivity contribution in [1.82, 2.24) is 4.31 Å². The SMILES string of the molecule is CCCCCc1ccc(NC(=O)c2ccc(S(=O)(=O)N3CCOCC3)cc2)cc1. The molecule has 1 N–H and O–H groups in total. The zero-order valence-corrected chi connectivity index (χ0v) is 17.6. The van der Waals surface area contributed by atoms with Crippen molar-refractivity contribution in [3.05, 3.63) is 59.7 Å². The van der Waals surface area contributed by atoms with E-state index in [-0.39, 0.29) is 10.8 Å². The minimum Gasteiger partial charge on any atom is -0.379 e. The Kier molecular flexibility index (Phi) is 7.41. The second kappa shape index (κ2) is 10.0. The van der Waals surface area contributed by atoms with E-state index in [0.29, 0.717) is 31.9 Å². The number of ether oxygens (including phenoxy) is 1. The first-order chi connectivity index (χ1) is 14.0. The van der Waals surface area contributed by atoms with E-state index in [1.165, 1.54) is 41.3 Å². The molecule has 0 aliphatic carbocycles. The molecule has 0 radical (unpaired) electrons. The summed E-state index contributed by atoms with van der Waals surface area (Å²) in [6, 6.07) is 13.9. The van der Waals surface area contributed by atoms with Gasteiger partial charge in [0, 0.05) is 24.3 Å². The number of amides is 1. The van der Waals surface area contributed by atoms with Gasteiger partial charge in [0.15, 0.2) is 0 Å². The fourth-order valence-corrected chi connectivity index (χ4v) is 4.66. The second-order valence-corrected chi connectivity index (χ2v) is 9.09. The van der Waals surface area contributed by atoms with Crippen molar-refractivity contribution >= 4 is 21.6 Å². The van der Waals surface area contributed by atoms with Gasteiger partial charge in [-0.05, 0) is 54.8 Å². The summed E-state index contributed by atoms with van der Waals surface area (Å²) in [7, 11) is -3.56. The van der Waals surface area contributed by atoms with Gasteiger partial charge in [-0.25, -0.2) is 8.42 Å². The van der Waals surface area contributed by atoms with Gasteiger partial charge < -0.3 is 10.1 Å². The predicted octanol–water partition coefficient (Wildman–Crippen LogP) is 3.69. The van der Waals surface area contributed by atoms with Crippen LogP contribution in [-0.2, 0) is 21.2 Å². The minimum atomic E-state index is -3.56. The number of nitrogens with zero attached hydrogens (tertiary/aromatic N) is 1. The molecule has 3 rings (SSSR count). The lowest BCUT2D eigenvalue weighted by atomic mass is 10.1. The molecule has 2 aromatic rings. The van der Waals surface area contributed by atoms with Crippen molar-refractivity contribution in [2.45, 2.75) is 37.5 Å². The van der Waals surface area contributed by atoms with Crippen molar-refractivity contribution in [3.8, 4) is 0 Å². The molecule has 1 heterocycles. The molecule has 2 aromatic carbocycles. The number of morpholine rings is 1. The Bertz CT molecular complexity index is 903. The Balaban J connectivity index is 1.61. The summed E-state index contributed by atoms with van der Waals surface area (Å²) in [6.45, 7) is 3.68. The summed E-state index contributed by atoms with van der Waals surface area (Å²) in [6.07, 6.45) is 4.62. The van der Waals surface area contributed by atoms with Crippen LogP contribution >= 0.6 is 0 Å². The van der Waals surface area contributed by atoms with Crippen molar-refractivity contribution in [2.24, 2.45) is 0 Å². The normalized spacial score (nSPS) is 15.2. The number of nitrogens with one attached hydrogen (secondary N) is 1. The molecule has 7 heteroatoms. The van der Waals surface area contributed by atoms with Gasteiger partial charge in [-0.1, -0.05) is 31.9 Å². The lowest BCUT2D eigenvalue weighted by Crippen LogP contribution is -2.40. The zero-order valence-electron chi connectivity index (χ0n) is 16.8. The average molecular weight is 417 g/mol. The lowest BCUT2D eigenvalue weighted by Gasteiger charge is -2.26. The molecular formula is C22H28N2O4S. The number of hydrogen-bond donors (Lipinski definition) is 1. The Labute approximate surface area is 172 Å². The van der Waals surface area contributed by atoms with E-state index < -0.39 is 10.0 Å². The van der Waals surface area contributed by atoms with Crippen molar-refractivity contribution in [3.63, 3.8) is 0 Å². The van der Waals surface area contributed by atoms with Gasteiger partial charge in [0.25, 0.3) is 5.91 Å². The Morgan fingerprint density at radius 1 is 1.00 bits per heavy atom. The van der Waals surface area contributed by atoms with E-state index in [1.54, 1.807) is 12.1 Å². The molecule has 29 heavy (non-hydrogen) atoms. The molecule has 6 nitrogen and oxygen atoms in total. The molecular weight excluding hydrogens is 388 g/mol. The highest BCUT2D eigenvalue weighted by Crippen LogP contribution is 2.19. The van der Waals surface area contributed by atoms with Crippen molar-refractivity contribution < 1.29 is 17.9 Å². The number of carbonyl (C=O) groups is 1. The smallest absolute Gasteiger partial charge is 0.255 e. The van der Waals surface area contributed by atoms with Crippen molar-refractivity contribution in [2.75, 3.05) is 31.6 Å². The number of hydrogen-bond acceptors (Lipinski definition) is 4. The molecule has 1 amide bonds. The number of sulfonamides is 1. The minimum absolute atomic E-state index is 0.187. The molecule has 1 aliphatic heterocycles. The van der Waals surface area contributed by atoms with Gasteiger partial charge in [-0.2, -0.15) is 4.31 Å². The Hall–Kier alpha value is -2.22. The fourth-order valence-electron chi connectivity index (χ4n) is 3.25. The first-order valence-corrected chi connectivity index (χ1v) is 11.5. The molecule has 1 saturated heterocycles. The van der Waals surface area contributed by atoms with Crippen LogP contribution < -0.4 is 5.32 Å². The highest BCUT2D eigenvalue weighted by molar-refractivity contribution is 7.89. The van der Waals surface area contributed by atoms with Gasteiger partial charge in [0.05, 0.1) is 18.1 Å². The van der Waals surface area contributed by atoms with Gasteiger partial charge in [-0.15, -0.1) is 0 Å². The van der Waals surface area contributed by atoms with E-state index >= 15 is 0 Å². The van der Waals surface area contributed by atoms with Crippen LogP contribution in [0.25, 0.3) is 0 Å². The summed E-state index contributed by atoms with van der Waals surface area (Å²) >= 11 is 0. The largest absolute Gasteiger partial charge is 0.379 e. The molecule has 1 fully saturated rings. The fraction of sp³-hybridized carbons (Fsp3) is 0.409. The average Bonchev–Trinajstić information content (AvgIpc) is 2.76. The summed E-state index contributed by atoms with van der Waals surface area (Å²) < 4.78 is 31.9. The maximum atomic E-state index is 12.7. The molecule has 156 valence electrons. The van der Waals surface area contributed by atoms with Crippen LogP contribution in [0.15, 0.2) is 53.4 Å². The van der Waals surface area contributed by atoms with E-state index in [0.717, 1.165) is 12.1 Å². The highest BCUT2D eigenvalue weighted by atomic mass is 32.2. The van der Waals surface area contributed by atoms with E-state index in [1.807, 2.05) is 24.3 Å². The number of carbonyl (C=O) groups excluding carboxylic acids is 1. The van der Waals surface area contributed by atoms with Crippen LogP contribution in [0.3, 0.4) is 0 Å². The first-order valence-electron chi connectivity index (χ1n) is 10.1. The molecule has 0 saturated carbocycles. The summed E-state index contributed by atoms with van der Waals surface area (Å²) in [5.41, 5.74) is 2.39. The predicted molar refractivity (Wildman–Crippen MR) is 114 cm³/mol. The molecule has 0 aromatic heterocycles. The van der Waals surface area contributed by atoms with E-state index in [9.17, 15) is 13.2 Å². The third-order valence-corrected chi connectivity index (χ3v) is 6.92. The number of aryl methyl sites for hydroxylation is 1. The third kappa shape index (κ3) is 5.65. The molecule has 0 atom stereocenters. The quantitative estimate of drug-likeness (QED) is 0.666. The summed E-state index contributed by atoms with van der Waals surface area (Å²) in [4.78, 5) is 12.7. The van der Waals surface area contributed by atoms with Gasteiger partial charge >= 0.3 is 0 Å². The van der Waals surface area contributed by atoms with Crippen molar-refractivity contribution in [1.29, 1.82) is 0 Å². The topological polar surface area (TPSA) is 75.7 Å². The number of anilines is 1. The monoisotopic (exact) mass is 416 g/mol. The Morgan fingerprint density at radius 3 is 2.28 bits per heavy atom. The van der Waals surface area contributed by atoms with Gasteiger partial charge in [0.2, 0.25) is 10.0 Å². The van der Waals surface area contributed by atoms with Crippen LogP contribution in [0.5, 0.6) is 0 Å². The van der Waals surface area contributed by atoms with E-state index in [2.05, 4.69) is 12.2 Å². The number of unbranched alkanes of at least 4 members (excludes halogenated alkanes) is 2. The van der Waals surface area contributed by atoms with E-state index in [4.69, 9.17) is 4.74 Å². The van der Waals surface area contributed by atoms with Crippen LogP contribution in [0.2, 0.25) is 0 Å². The van der Waals surface area contributed by atoms with Crippen LogP contribution in [0.4, 0.5) is 5.69 Å². The van der Waals surface area contributed by atoms with Gasteiger partial charge in [0.1, 0.15) is 0 Å². The molecule has 0 bridgehead atoms. The third-order valence-electron chi connectivity index (χ3n) is 5.01. The molecule has 0 unspecified atom stereocenters. The Morgan fingerprint density at radius 2 is 1.66 bits per heavy atom.